The van der Waals surface area contributed by atoms with Crippen molar-refractivity contribution < 1.29 is 27.5 Å². The van der Waals surface area contributed by atoms with Gasteiger partial charge in [-0.25, -0.2) is 0 Å². The second-order valence-electron chi connectivity index (χ2n) is 6.79. The van der Waals surface area contributed by atoms with E-state index < -0.39 is 18.0 Å². The third kappa shape index (κ3) is 4.38. The van der Waals surface area contributed by atoms with Crippen molar-refractivity contribution in [3.05, 3.63) is 11.6 Å². The number of aromatic nitrogens is 3. The Hall–Kier alpha value is -2.21. The van der Waals surface area contributed by atoms with Crippen molar-refractivity contribution in [1.82, 2.24) is 24.6 Å². The maximum atomic E-state index is 12.9. The molecule has 1 fully saturated rings. The predicted octanol–water partition coefficient (Wildman–Crippen LogP) is -0.396. The summed E-state index contributed by atoms with van der Waals surface area (Å²) < 4.78 is 44.8. The summed E-state index contributed by atoms with van der Waals surface area (Å²) >= 11 is 0. The zero-order valence-corrected chi connectivity index (χ0v) is 14.8. The van der Waals surface area contributed by atoms with Crippen LogP contribution in [0.2, 0.25) is 0 Å². The van der Waals surface area contributed by atoms with Gasteiger partial charge in [-0.1, -0.05) is 0 Å². The summed E-state index contributed by atoms with van der Waals surface area (Å²) in [6.07, 6.45) is -4.69. The van der Waals surface area contributed by atoms with Crippen LogP contribution in [0.3, 0.4) is 0 Å². The Labute approximate surface area is 153 Å². The van der Waals surface area contributed by atoms with Gasteiger partial charge >= 0.3 is 6.18 Å². The lowest BCUT2D eigenvalue weighted by molar-refractivity contribution is -0.149. The Morgan fingerprint density at radius 3 is 2.81 bits per heavy atom. The van der Waals surface area contributed by atoms with Gasteiger partial charge in [-0.2, -0.15) is 13.2 Å². The average molecular weight is 390 g/mol. The first-order valence-corrected chi connectivity index (χ1v) is 8.57. The molecule has 1 saturated heterocycles. The second-order valence-corrected chi connectivity index (χ2v) is 6.79. The largest absolute Gasteiger partial charge is 0.451 e. The van der Waals surface area contributed by atoms with Gasteiger partial charge < -0.3 is 24.8 Å². The van der Waals surface area contributed by atoms with E-state index in [0.717, 1.165) is 4.57 Å². The van der Waals surface area contributed by atoms with Crippen LogP contribution in [0, 0.1) is 0 Å². The molecule has 3 heterocycles. The molecule has 0 saturated carbocycles. The standard InChI is InChI=1S/C15H21F3N6O3/c1-9-5-23(13(26)8-27-9)6-10(19)4-12(25)22-2-3-24-11(7-22)20-21-14(24)15(16,17)18/h9-10H,2-8,19H2,1H3/t9-,10-/m1/s1. The van der Waals surface area contributed by atoms with E-state index in [1.165, 1.54) is 4.90 Å². The van der Waals surface area contributed by atoms with Gasteiger partial charge in [0.15, 0.2) is 5.82 Å². The summed E-state index contributed by atoms with van der Waals surface area (Å²) in [5.41, 5.74) is 6.01. The van der Waals surface area contributed by atoms with Gasteiger partial charge in [0.2, 0.25) is 17.6 Å². The molecule has 0 aromatic carbocycles. The van der Waals surface area contributed by atoms with Crippen LogP contribution < -0.4 is 5.73 Å². The second kappa shape index (κ2) is 7.43. The topological polar surface area (TPSA) is 107 Å². The highest BCUT2D eigenvalue weighted by Crippen LogP contribution is 2.29. The molecule has 2 atom stereocenters. The molecule has 2 amide bonds. The smallest absolute Gasteiger partial charge is 0.367 e. The maximum Gasteiger partial charge on any atom is 0.451 e. The highest BCUT2D eigenvalue weighted by Gasteiger charge is 2.40. The first kappa shape index (κ1) is 19.5. The van der Waals surface area contributed by atoms with Gasteiger partial charge in [-0.05, 0) is 6.92 Å². The fourth-order valence-electron chi connectivity index (χ4n) is 3.23. The van der Waals surface area contributed by atoms with Crippen molar-refractivity contribution in [3.8, 4) is 0 Å². The van der Waals surface area contributed by atoms with E-state index >= 15 is 0 Å². The number of carbonyl (C=O) groups excluding carboxylic acids is 2. The number of ether oxygens (including phenoxy) is 1. The quantitative estimate of drug-likeness (QED) is 0.750. The molecule has 0 aliphatic carbocycles. The molecule has 9 nitrogen and oxygen atoms in total. The van der Waals surface area contributed by atoms with E-state index in [-0.39, 0.29) is 62.9 Å². The molecule has 3 rings (SSSR count). The molecule has 0 radical (unpaired) electrons. The lowest BCUT2D eigenvalue weighted by atomic mass is 10.1. The molecule has 0 unspecified atom stereocenters. The third-order valence-corrected chi connectivity index (χ3v) is 4.57. The van der Waals surface area contributed by atoms with Crippen LogP contribution >= 0.6 is 0 Å². The minimum atomic E-state index is -4.58. The first-order chi connectivity index (χ1) is 12.6. The number of halogens is 3. The molecule has 2 aliphatic heterocycles. The van der Waals surface area contributed by atoms with Gasteiger partial charge in [0.05, 0.1) is 12.6 Å². The minimum absolute atomic E-state index is 0.00877. The van der Waals surface area contributed by atoms with Gasteiger partial charge in [-0.15, -0.1) is 10.2 Å². The van der Waals surface area contributed by atoms with Crippen LogP contribution in [-0.4, -0.2) is 74.8 Å². The summed E-state index contributed by atoms with van der Waals surface area (Å²) in [6, 6.07) is -0.572. The lowest BCUT2D eigenvalue weighted by Gasteiger charge is -2.33. The fraction of sp³-hybridized carbons (Fsp3) is 0.733. The van der Waals surface area contributed by atoms with Crippen molar-refractivity contribution in [1.29, 1.82) is 0 Å². The van der Waals surface area contributed by atoms with Gasteiger partial charge in [0.1, 0.15) is 6.61 Å². The van der Waals surface area contributed by atoms with E-state index in [0.29, 0.717) is 6.54 Å². The number of rotatable bonds is 4. The number of hydrogen-bond donors (Lipinski definition) is 1. The Morgan fingerprint density at radius 2 is 2.11 bits per heavy atom. The summed E-state index contributed by atoms with van der Waals surface area (Å²) in [5, 5.41) is 6.73. The predicted molar refractivity (Wildman–Crippen MR) is 85.0 cm³/mol. The number of morpholine rings is 1. The number of fused-ring (bicyclic) bond motifs is 1. The molecule has 1 aromatic rings. The Bertz CT molecular complexity index is 722. The Kier molecular flexibility index (Phi) is 5.38. The average Bonchev–Trinajstić information content (AvgIpc) is 3.01. The summed E-state index contributed by atoms with van der Waals surface area (Å²) in [4.78, 5) is 27.2. The maximum absolute atomic E-state index is 12.9. The molecule has 1 aromatic heterocycles. The monoisotopic (exact) mass is 390 g/mol. The number of hydrogen-bond acceptors (Lipinski definition) is 6. The number of nitrogens with zero attached hydrogens (tertiary/aromatic N) is 5. The van der Waals surface area contributed by atoms with Crippen LogP contribution in [0.4, 0.5) is 13.2 Å². The van der Waals surface area contributed by atoms with Gasteiger partial charge in [0, 0.05) is 38.6 Å². The van der Waals surface area contributed by atoms with E-state index in [2.05, 4.69) is 10.2 Å². The molecule has 0 spiro atoms. The third-order valence-electron chi connectivity index (χ3n) is 4.57. The van der Waals surface area contributed by atoms with Crippen LogP contribution in [0.15, 0.2) is 0 Å². The van der Waals surface area contributed by atoms with Crippen molar-refractivity contribution in [3.63, 3.8) is 0 Å². The number of nitrogens with two attached hydrogens (primary N) is 1. The van der Waals surface area contributed by atoms with E-state index in [1.54, 1.807) is 4.90 Å². The van der Waals surface area contributed by atoms with Crippen molar-refractivity contribution in [2.75, 3.05) is 26.2 Å². The zero-order valence-electron chi connectivity index (χ0n) is 14.8. The number of carbonyl (C=O) groups is 2. The van der Waals surface area contributed by atoms with Crippen molar-refractivity contribution in [2.45, 2.75) is 44.8 Å². The molecule has 0 bridgehead atoms. The molecule has 150 valence electrons. The SMILES string of the molecule is C[C@@H]1CN(C[C@H](N)CC(=O)N2CCn3c(nnc3C(F)(F)F)C2)C(=O)CO1. The molecule has 27 heavy (non-hydrogen) atoms. The van der Waals surface area contributed by atoms with Crippen LogP contribution in [0.1, 0.15) is 25.0 Å². The Morgan fingerprint density at radius 1 is 1.37 bits per heavy atom. The first-order valence-electron chi connectivity index (χ1n) is 8.57. The van der Waals surface area contributed by atoms with Crippen LogP contribution in [0.5, 0.6) is 0 Å². The summed E-state index contributed by atoms with van der Waals surface area (Å²) in [6.45, 7) is 2.50. The molecule has 12 heteroatoms. The minimum Gasteiger partial charge on any atom is -0.367 e. The van der Waals surface area contributed by atoms with E-state index in [1.807, 2.05) is 6.92 Å². The highest BCUT2D eigenvalue weighted by atomic mass is 19.4. The number of alkyl halides is 3. The number of amides is 2. The molecule has 2 N–H and O–H groups in total. The van der Waals surface area contributed by atoms with Crippen LogP contribution in [-0.2, 0) is 33.6 Å². The summed E-state index contributed by atoms with van der Waals surface area (Å²) in [7, 11) is 0. The van der Waals surface area contributed by atoms with Gasteiger partial charge in [0.25, 0.3) is 0 Å². The molecular weight excluding hydrogens is 369 g/mol. The van der Waals surface area contributed by atoms with Crippen molar-refractivity contribution in [2.24, 2.45) is 5.73 Å². The zero-order chi connectivity index (χ0) is 19.8. The Balaban J connectivity index is 1.56. The van der Waals surface area contributed by atoms with E-state index in [4.69, 9.17) is 10.5 Å². The highest BCUT2D eigenvalue weighted by molar-refractivity contribution is 5.79. The van der Waals surface area contributed by atoms with Gasteiger partial charge in [-0.3, -0.25) is 9.59 Å². The summed E-state index contributed by atoms with van der Waals surface area (Å²) in [5.74, 6) is -1.44. The molecular formula is C15H21F3N6O3. The van der Waals surface area contributed by atoms with E-state index in [9.17, 15) is 22.8 Å². The lowest BCUT2D eigenvalue weighted by Crippen LogP contribution is -2.51. The van der Waals surface area contributed by atoms with Crippen LogP contribution in [0.25, 0.3) is 0 Å². The molecule has 2 aliphatic rings. The fourth-order valence-corrected chi connectivity index (χ4v) is 3.23. The normalized spacial score (nSPS) is 22.0. The van der Waals surface area contributed by atoms with Crippen molar-refractivity contribution >= 4 is 11.8 Å².